The average molecular weight is 261 g/mol. The minimum atomic E-state index is -5.04. The van der Waals surface area contributed by atoms with Crippen molar-refractivity contribution in [2.75, 3.05) is 7.11 Å². The zero-order valence-corrected chi connectivity index (χ0v) is 9.21. The first-order valence-electron chi connectivity index (χ1n) is 2.49. The topological polar surface area (TPSA) is 107 Å². The third-order valence-electron chi connectivity index (χ3n) is 1.04. The van der Waals surface area contributed by atoms with Gasteiger partial charge < -0.3 is 0 Å². The Kier molecular flexibility index (Phi) is 3.97. The van der Waals surface area contributed by atoms with Crippen LogP contribution in [0.15, 0.2) is 0 Å². The summed E-state index contributed by atoms with van der Waals surface area (Å²) >= 11 is 10.1. The summed E-state index contributed by atoms with van der Waals surface area (Å²) in [5.41, 5.74) is 0. The molecule has 0 rings (SSSR count). The fraction of sp³-hybridized carbons (Fsp3) is 1.00. The first-order chi connectivity index (χ1) is 5.06. The second-order valence-electron chi connectivity index (χ2n) is 1.90. The molecule has 0 aliphatic heterocycles. The van der Waals surface area contributed by atoms with E-state index in [9.17, 15) is 4.57 Å². The summed E-state index contributed by atoms with van der Waals surface area (Å²) in [6.45, 7) is 0. The first kappa shape index (κ1) is 13.0. The van der Waals surface area contributed by atoms with Crippen LogP contribution < -0.4 is 0 Å². The molecule has 6 nitrogen and oxygen atoms in total. The van der Waals surface area contributed by atoms with Crippen molar-refractivity contribution < 1.29 is 28.7 Å². The normalized spacial score (nSPS) is 16.2. The van der Waals surface area contributed by atoms with Crippen LogP contribution in [0.2, 0.25) is 0 Å². The van der Waals surface area contributed by atoms with Gasteiger partial charge in [-0.05, 0) is 0 Å². The van der Waals surface area contributed by atoms with Gasteiger partial charge in [-0.2, -0.15) is 0 Å². The predicted molar refractivity (Wildman–Crippen MR) is 46.2 cm³/mol. The van der Waals surface area contributed by atoms with Crippen LogP contribution in [-0.2, 0) is 9.09 Å². The summed E-state index contributed by atoms with van der Waals surface area (Å²) in [6, 6.07) is 0. The van der Waals surface area contributed by atoms with Crippen molar-refractivity contribution in [3.8, 4) is 0 Å². The molecule has 0 bridgehead atoms. The van der Waals surface area contributed by atoms with E-state index in [1.165, 1.54) is 0 Å². The van der Waals surface area contributed by atoms with Gasteiger partial charge in [-0.3, -0.25) is 0 Å². The molecular formula is C2H8Cl2O6P2. The van der Waals surface area contributed by atoms with Crippen molar-refractivity contribution in [1.29, 1.82) is 0 Å². The molecule has 0 amide bonds. The molecule has 0 aromatic heterocycles. The van der Waals surface area contributed by atoms with Gasteiger partial charge >= 0.3 is 78.3 Å². The summed E-state index contributed by atoms with van der Waals surface area (Å²) in [5, 5.41) is 0. The van der Waals surface area contributed by atoms with Crippen LogP contribution in [-0.4, -0.2) is 30.5 Å². The van der Waals surface area contributed by atoms with E-state index >= 15 is 0 Å². The quantitative estimate of drug-likeness (QED) is 0.432. The Morgan fingerprint density at radius 2 is 1.75 bits per heavy atom. The van der Waals surface area contributed by atoms with E-state index in [1.54, 1.807) is 0 Å². The molecule has 0 aliphatic carbocycles. The van der Waals surface area contributed by atoms with Crippen molar-refractivity contribution in [2.24, 2.45) is 0 Å². The van der Waals surface area contributed by atoms with Crippen LogP contribution >= 0.6 is 38.7 Å². The van der Waals surface area contributed by atoms with E-state index in [0.29, 0.717) is 0 Å². The molecule has 0 aliphatic rings. The van der Waals surface area contributed by atoms with Crippen LogP contribution in [0.25, 0.3) is 0 Å². The van der Waals surface area contributed by atoms with Crippen LogP contribution in [0.5, 0.6) is 0 Å². The van der Waals surface area contributed by atoms with Gasteiger partial charge in [0.15, 0.2) is 0 Å². The van der Waals surface area contributed by atoms with Gasteiger partial charge in [-0.25, -0.2) is 0 Å². The van der Waals surface area contributed by atoms with Crippen LogP contribution in [0.3, 0.4) is 0 Å². The number of hydrogen-bond acceptors (Lipinski definition) is 4. The summed E-state index contributed by atoms with van der Waals surface area (Å²) in [4.78, 5) is 34.8. The molecule has 4 N–H and O–H groups in total. The molecule has 0 heterocycles. The van der Waals surface area contributed by atoms with E-state index in [1.807, 2.05) is 0 Å². The second kappa shape index (κ2) is 3.65. The van der Waals surface area contributed by atoms with Crippen LogP contribution in [0, 0.1) is 0 Å². The molecule has 12 heavy (non-hydrogen) atoms. The van der Waals surface area contributed by atoms with E-state index in [-0.39, 0.29) is 0 Å². The third kappa shape index (κ3) is 2.29. The Bertz CT molecular complexity index is 210. The second-order valence-corrected chi connectivity index (χ2v) is 8.94. The van der Waals surface area contributed by atoms with Crippen LogP contribution in [0.1, 0.15) is 0 Å². The van der Waals surface area contributed by atoms with E-state index in [2.05, 4.69) is 4.52 Å². The average Bonchev–Trinajstić information content (AvgIpc) is 1.85. The molecule has 0 fully saturated rings. The van der Waals surface area contributed by atoms with Crippen molar-refractivity contribution in [3.05, 3.63) is 0 Å². The molecule has 0 atom stereocenters. The zero-order chi connectivity index (χ0) is 10.2. The number of rotatable bonds is 3. The molecule has 10 heteroatoms. The van der Waals surface area contributed by atoms with Gasteiger partial charge in [0, 0.05) is 0 Å². The number of alkyl halides is 2. The molecule has 0 aromatic rings. The standard InChI is InChI=1S/C2H8Cl2O6P2/c1-10-12(8,9)2(3,4)11(5,6)7/h8-9,12H,1H3,(H2,5,6,7). The van der Waals surface area contributed by atoms with Crippen molar-refractivity contribution in [2.45, 2.75) is 3.82 Å². The van der Waals surface area contributed by atoms with Gasteiger partial charge in [0.2, 0.25) is 0 Å². The fourth-order valence-electron chi connectivity index (χ4n) is 0.313. The monoisotopic (exact) mass is 260 g/mol. The molecule has 0 saturated heterocycles. The molecule has 0 saturated carbocycles. The summed E-state index contributed by atoms with van der Waals surface area (Å²) in [5.74, 6) is 0. The third-order valence-corrected chi connectivity index (χ3v) is 7.67. The van der Waals surface area contributed by atoms with Gasteiger partial charge in [0.25, 0.3) is 0 Å². The van der Waals surface area contributed by atoms with Crippen molar-refractivity contribution in [3.63, 3.8) is 0 Å². The SMILES string of the molecule is CO[PH](O)(O)C(Cl)(Cl)P(=O)(O)O. The van der Waals surface area contributed by atoms with Gasteiger partial charge in [0.1, 0.15) is 0 Å². The van der Waals surface area contributed by atoms with Crippen molar-refractivity contribution in [1.82, 2.24) is 0 Å². The molecule has 76 valence electrons. The van der Waals surface area contributed by atoms with Gasteiger partial charge in [0.05, 0.1) is 0 Å². The summed E-state index contributed by atoms with van der Waals surface area (Å²) in [6.07, 6.45) is 0. The van der Waals surface area contributed by atoms with E-state index in [4.69, 9.17) is 42.8 Å². The van der Waals surface area contributed by atoms with E-state index < -0.39 is 19.4 Å². The predicted octanol–water partition coefficient (Wildman–Crippen LogP) is 0.379. The Hall–Kier alpha value is 1.04. The fourth-order valence-corrected chi connectivity index (χ4v) is 2.81. The number of hydrogen-bond donors (Lipinski definition) is 4. The van der Waals surface area contributed by atoms with Gasteiger partial charge in [-0.1, -0.05) is 0 Å². The molecule has 0 unspecified atom stereocenters. The maximum atomic E-state index is 10.5. The van der Waals surface area contributed by atoms with Crippen molar-refractivity contribution >= 4 is 38.7 Å². The Labute approximate surface area is 78.8 Å². The molecule has 0 radical (unpaired) electrons. The minimum absolute atomic E-state index is 0.835. The van der Waals surface area contributed by atoms with Crippen LogP contribution in [0.4, 0.5) is 0 Å². The maximum absolute atomic E-state index is 10.5. The Balaban J connectivity index is 4.98. The molecule has 0 aromatic carbocycles. The molecule has 0 spiro atoms. The summed E-state index contributed by atoms with van der Waals surface area (Å²) < 4.78 is 11.6. The first-order valence-corrected chi connectivity index (χ1v) is 6.66. The molecular weight excluding hydrogens is 253 g/mol. The zero-order valence-electron chi connectivity index (χ0n) is 5.81. The Morgan fingerprint density at radius 1 is 1.42 bits per heavy atom. The van der Waals surface area contributed by atoms with Gasteiger partial charge in [-0.15, -0.1) is 0 Å². The number of halogens is 2. The van der Waals surface area contributed by atoms with E-state index in [0.717, 1.165) is 7.11 Å². The Morgan fingerprint density at radius 3 is 1.83 bits per heavy atom. The summed E-state index contributed by atoms with van der Waals surface area (Å²) in [7, 11) is -8.98.